The van der Waals surface area contributed by atoms with Crippen molar-refractivity contribution < 1.29 is 0 Å². The third-order valence-corrected chi connectivity index (χ3v) is 16.3. The quantitative estimate of drug-likeness (QED) is 0.120. The van der Waals surface area contributed by atoms with E-state index in [-0.39, 0.29) is 0 Å². The summed E-state index contributed by atoms with van der Waals surface area (Å²) in [6.07, 6.45) is 3.77. The number of hydrogen-bond acceptors (Lipinski definition) is 2. The minimum Gasteiger partial charge on any atom is -0.309 e. The maximum atomic E-state index is 4.99. The van der Waals surface area contributed by atoms with Gasteiger partial charge in [-0.3, -0.25) is 9.55 Å². The van der Waals surface area contributed by atoms with E-state index in [4.69, 9.17) is 9.97 Å². The van der Waals surface area contributed by atoms with Crippen LogP contribution in [0.1, 0.15) is 0 Å². The van der Waals surface area contributed by atoms with Crippen LogP contribution >= 0.6 is 0 Å². The van der Waals surface area contributed by atoms with Gasteiger partial charge in [-0.1, -0.05) is 146 Å². The molecule has 0 fully saturated rings. The number of hydrogen-bond donors (Lipinski definition) is 0. The van der Waals surface area contributed by atoms with Crippen LogP contribution in [-0.2, 0) is 0 Å². The van der Waals surface area contributed by atoms with Crippen LogP contribution in [0.4, 0.5) is 0 Å². The highest BCUT2D eigenvalue weighted by Crippen LogP contribution is 2.39. The monoisotopic (exact) mass is 744 g/mol. The Morgan fingerprint density at radius 2 is 0.895 bits per heavy atom. The third kappa shape index (κ3) is 5.20. The first-order valence-corrected chi connectivity index (χ1v) is 21.4. The molecular formula is C52H36N4Si. The van der Waals surface area contributed by atoms with Crippen LogP contribution in [0.5, 0.6) is 0 Å². The van der Waals surface area contributed by atoms with Crippen molar-refractivity contribution in [3.63, 3.8) is 0 Å². The summed E-state index contributed by atoms with van der Waals surface area (Å²) >= 11 is 0. The molecule has 0 spiro atoms. The number of fused-ring (bicyclic) bond motifs is 6. The molecule has 0 unspecified atom stereocenters. The smallest absolute Gasteiger partial charge is 0.179 e. The van der Waals surface area contributed by atoms with Crippen molar-refractivity contribution in [3.05, 3.63) is 219 Å². The Labute approximate surface area is 331 Å². The highest BCUT2D eigenvalue weighted by molar-refractivity contribution is 7.20. The summed E-state index contributed by atoms with van der Waals surface area (Å²) in [4.78, 5) is 9.76. The van der Waals surface area contributed by atoms with Crippen LogP contribution in [0.3, 0.4) is 0 Å². The van der Waals surface area contributed by atoms with Crippen molar-refractivity contribution in [1.82, 2.24) is 19.1 Å². The highest BCUT2D eigenvalue weighted by Gasteiger charge is 2.42. The molecule has 0 amide bonds. The fourth-order valence-electron chi connectivity index (χ4n) is 9.12. The van der Waals surface area contributed by atoms with Crippen molar-refractivity contribution in [2.45, 2.75) is 0 Å². The van der Waals surface area contributed by atoms with Gasteiger partial charge in [0.05, 0.1) is 27.8 Å². The molecule has 57 heavy (non-hydrogen) atoms. The Morgan fingerprint density at radius 1 is 0.333 bits per heavy atom. The average molecular weight is 745 g/mol. The van der Waals surface area contributed by atoms with E-state index in [0.29, 0.717) is 0 Å². The second-order valence-electron chi connectivity index (χ2n) is 14.6. The van der Waals surface area contributed by atoms with E-state index in [1.807, 2.05) is 24.5 Å². The predicted octanol–water partition coefficient (Wildman–Crippen LogP) is 9.72. The van der Waals surface area contributed by atoms with Gasteiger partial charge in [0.25, 0.3) is 0 Å². The zero-order valence-corrected chi connectivity index (χ0v) is 32.1. The van der Waals surface area contributed by atoms with E-state index in [1.54, 1.807) is 0 Å². The molecule has 268 valence electrons. The molecule has 5 heteroatoms. The minimum atomic E-state index is -2.94. The number of para-hydroxylation sites is 2. The Hall–Kier alpha value is -7.34. The van der Waals surface area contributed by atoms with Gasteiger partial charge in [-0.05, 0) is 81.4 Å². The lowest BCUT2D eigenvalue weighted by Gasteiger charge is -2.34. The van der Waals surface area contributed by atoms with Crippen LogP contribution in [0.25, 0.3) is 66.4 Å². The molecule has 4 aromatic heterocycles. The van der Waals surface area contributed by atoms with Gasteiger partial charge in [0.2, 0.25) is 0 Å². The molecule has 0 N–H and O–H groups in total. The van der Waals surface area contributed by atoms with Gasteiger partial charge in [0, 0.05) is 45.2 Å². The van der Waals surface area contributed by atoms with Gasteiger partial charge in [-0.2, -0.15) is 0 Å². The maximum Gasteiger partial charge on any atom is 0.179 e. The summed E-state index contributed by atoms with van der Waals surface area (Å²) < 4.78 is 4.78. The van der Waals surface area contributed by atoms with Crippen molar-refractivity contribution in [2.24, 2.45) is 0 Å². The van der Waals surface area contributed by atoms with E-state index in [2.05, 4.69) is 203 Å². The Balaban J connectivity index is 1.26. The second-order valence-corrected chi connectivity index (χ2v) is 18.4. The van der Waals surface area contributed by atoms with Gasteiger partial charge >= 0.3 is 0 Å². The average Bonchev–Trinajstić information content (AvgIpc) is 3.79. The van der Waals surface area contributed by atoms with E-state index >= 15 is 0 Å². The molecule has 0 atom stereocenters. The van der Waals surface area contributed by atoms with Gasteiger partial charge in [-0.25, -0.2) is 4.98 Å². The van der Waals surface area contributed by atoms with E-state index in [9.17, 15) is 0 Å². The molecule has 4 nitrogen and oxygen atoms in total. The van der Waals surface area contributed by atoms with Crippen molar-refractivity contribution in [3.8, 4) is 22.8 Å². The van der Waals surface area contributed by atoms with Crippen LogP contribution < -0.4 is 20.7 Å². The van der Waals surface area contributed by atoms with Crippen LogP contribution in [0.15, 0.2) is 219 Å². The van der Waals surface area contributed by atoms with Gasteiger partial charge in [0.15, 0.2) is 8.07 Å². The summed E-state index contributed by atoms with van der Waals surface area (Å²) in [6, 6.07) is 75.2. The standard InChI is InChI=1S/C52H36N4Si/c1-4-18-38(19-5-1)55-48-27-11-10-25-43(48)45-36-51-46(35-50(45)55)44-30-29-42(34-49(44)56(51)52-28-13-15-32-54-52)57(39-20-6-2-7-21-39,40-22-8-3-9-23-40)41-24-16-17-37(33-41)47-26-12-14-31-53-47/h1-36H. The summed E-state index contributed by atoms with van der Waals surface area (Å²) in [7, 11) is -2.94. The number of aromatic nitrogens is 4. The zero-order valence-electron chi connectivity index (χ0n) is 31.1. The summed E-state index contributed by atoms with van der Waals surface area (Å²) in [5.74, 6) is 0.893. The fourth-order valence-corrected chi connectivity index (χ4v) is 13.9. The molecule has 0 aliphatic carbocycles. The molecule has 0 aliphatic rings. The SMILES string of the molecule is c1ccc(-n2c3ccccc3c3cc4c(cc32)c2ccc([Si](c3ccccc3)(c3ccccc3)c3cccc(-c5ccccn5)c3)cc2n4-c2ccccn2)cc1. The summed E-state index contributed by atoms with van der Waals surface area (Å²) in [6.45, 7) is 0. The molecular weight excluding hydrogens is 709 g/mol. The first kappa shape index (κ1) is 33.0. The second kappa shape index (κ2) is 13.4. The van der Waals surface area contributed by atoms with Crippen LogP contribution in [0, 0.1) is 0 Å². The molecule has 7 aromatic carbocycles. The summed E-state index contributed by atoms with van der Waals surface area (Å²) in [5, 5.41) is 10.1. The van der Waals surface area contributed by atoms with Gasteiger partial charge in [0.1, 0.15) is 5.82 Å². The van der Waals surface area contributed by atoms with E-state index in [0.717, 1.165) is 33.8 Å². The third-order valence-electron chi connectivity index (χ3n) is 11.6. The van der Waals surface area contributed by atoms with Crippen LogP contribution in [-0.4, -0.2) is 27.2 Å². The van der Waals surface area contributed by atoms with E-state index < -0.39 is 8.07 Å². The minimum absolute atomic E-state index is 0.893. The van der Waals surface area contributed by atoms with Crippen LogP contribution in [0.2, 0.25) is 0 Å². The molecule has 0 saturated heterocycles. The number of nitrogens with zero attached hydrogens (tertiary/aromatic N) is 4. The lowest BCUT2D eigenvalue weighted by Crippen LogP contribution is -2.74. The first-order chi connectivity index (χ1) is 28.3. The first-order valence-electron chi connectivity index (χ1n) is 19.4. The molecule has 4 heterocycles. The largest absolute Gasteiger partial charge is 0.309 e. The topological polar surface area (TPSA) is 35.6 Å². The molecule has 0 aliphatic heterocycles. The number of pyridine rings is 2. The maximum absolute atomic E-state index is 4.99. The van der Waals surface area contributed by atoms with Crippen molar-refractivity contribution in [2.75, 3.05) is 0 Å². The molecule has 0 radical (unpaired) electrons. The molecule has 0 saturated carbocycles. The van der Waals surface area contributed by atoms with Gasteiger partial charge < -0.3 is 4.57 Å². The van der Waals surface area contributed by atoms with E-state index in [1.165, 1.54) is 53.3 Å². The lowest BCUT2D eigenvalue weighted by molar-refractivity contribution is 1.08. The molecule has 0 bridgehead atoms. The van der Waals surface area contributed by atoms with Crippen molar-refractivity contribution >= 4 is 72.4 Å². The predicted molar refractivity (Wildman–Crippen MR) is 240 cm³/mol. The van der Waals surface area contributed by atoms with Gasteiger partial charge in [-0.15, -0.1) is 0 Å². The lowest BCUT2D eigenvalue weighted by atomic mass is 10.1. The van der Waals surface area contributed by atoms with Crippen molar-refractivity contribution in [1.29, 1.82) is 0 Å². The Kier molecular flexibility index (Phi) is 7.79. The molecule has 11 rings (SSSR count). The Bertz CT molecular complexity index is 3170. The summed E-state index contributed by atoms with van der Waals surface area (Å²) in [5.41, 5.74) is 7.86. The fraction of sp³-hybridized carbons (Fsp3) is 0. The number of rotatable bonds is 7. The Morgan fingerprint density at radius 3 is 1.58 bits per heavy atom. The highest BCUT2D eigenvalue weighted by atomic mass is 28.3. The molecule has 11 aromatic rings. The number of benzene rings is 7. The zero-order chi connectivity index (χ0) is 37.8. The normalized spacial score (nSPS) is 11.9.